The van der Waals surface area contributed by atoms with Crippen molar-refractivity contribution in [3.8, 4) is 0 Å². The Balaban J connectivity index is 1.52. The lowest BCUT2D eigenvalue weighted by Crippen LogP contribution is -2.33. The first-order valence-corrected chi connectivity index (χ1v) is 7.45. The average Bonchev–Trinajstić information content (AvgIpc) is 3.23. The third-order valence-electron chi connectivity index (χ3n) is 4.47. The summed E-state index contributed by atoms with van der Waals surface area (Å²) in [6.07, 6.45) is 3.53. The van der Waals surface area contributed by atoms with Gasteiger partial charge in [-0.15, -0.1) is 0 Å². The number of nitrogens with zero attached hydrogens (tertiary/aromatic N) is 3. The van der Waals surface area contributed by atoms with Gasteiger partial charge in [0.05, 0.1) is 6.04 Å². The summed E-state index contributed by atoms with van der Waals surface area (Å²) in [5.74, 6) is 2.23. The minimum Gasteiger partial charge on any atom is -0.338 e. The Hall–Kier alpha value is -1.68. The maximum atomic E-state index is 5.47. The van der Waals surface area contributed by atoms with Crippen LogP contribution in [0, 0.1) is 0 Å². The minimum absolute atomic E-state index is 0.198. The second-order valence-electron chi connectivity index (χ2n) is 5.93. The maximum absolute atomic E-state index is 5.47. The van der Waals surface area contributed by atoms with Crippen LogP contribution >= 0.6 is 0 Å². The van der Waals surface area contributed by atoms with Crippen LogP contribution in [0.25, 0.3) is 0 Å². The fraction of sp³-hybridized carbons (Fsp3) is 0.500. The molecule has 0 spiro atoms. The topological polar surface area (TPSA) is 42.2 Å². The molecule has 1 aliphatic carbocycles. The van der Waals surface area contributed by atoms with Crippen molar-refractivity contribution in [1.29, 1.82) is 0 Å². The van der Waals surface area contributed by atoms with E-state index in [0.717, 1.165) is 31.2 Å². The Kier molecular flexibility index (Phi) is 2.84. The van der Waals surface area contributed by atoms with E-state index in [1.165, 1.54) is 24.0 Å². The van der Waals surface area contributed by atoms with Crippen molar-refractivity contribution >= 4 is 0 Å². The summed E-state index contributed by atoms with van der Waals surface area (Å²) in [5.41, 5.74) is 2.90. The highest BCUT2D eigenvalue weighted by Gasteiger charge is 2.31. The zero-order valence-corrected chi connectivity index (χ0v) is 11.7. The molecule has 0 radical (unpaired) electrons. The van der Waals surface area contributed by atoms with Crippen molar-refractivity contribution in [3.05, 3.63) is 47.1 Å². The first-order valence-electron chi connectivity index (χ1n) is 7.45. The SMILES string of the molecule is C[C@H](c1nc(C2CC2)no1)N1CCc2ccccc2C1. The average molecular weight is 269 g/mol. The van der Waals surface area contributed by atoms with Gasteiger partial charge in [0.2, 0.25) is 5.89 Å². The Labute approximate surface area is 118 Å². The van der Waals surface area contributed by atoms with E-state index in [-0.39, 0.29) is 6.04 Å². The summed E-state index contributed by atoms with van der Waals surface area (Å²) in [6.45, 7) is 4.19. The molecule has 0 saturated heterocycles. The summed E-state index contributed by atoms with van der Waals surface area (Å²) in [5, 5.41) is 4.13. The van der Waals surface area contributed by atoms with Crippen molar-refractivity contribution < 1.29 is 4.52 Å². The molecule has 0 N–H and O–H groups in total. The Morgan fingerprint density at radius 3 is 2.85 bits per heavy atom. The van der Waals surface area contributed by atoms with Gasteiger partial charge >= 0.3 is 0 Å². The van der Waals surface area contributed by atoms with Gasteiger partial charge in [-0.1, -0.05) is 29.4 Å². The molecule has 1 fully saturated rings. The molecule has 1 aromatic heterocycles. The van der Waals surface area contributed by atoms with Gasteiger partial charge in [0, 0.05) is 19.0 Å². The predicted molar refractivity (Wildman–Crippen MR) is 75.2 cm³/mol. The molecule has 4 rings (SSSR count). The van der Waals surface area contributed by atoms with E-state index in [1.807, 2.05) is 0 Å². The molecule has 4 nitrogen and oxygen atoms in total. The van der Waals surface area contributed by atoms with Crippen molar-refractivity contribution in [2.45, 2.75) is 44.7 Å². The molecule has 20 heavy (non-hydrogen) atoms. The van der Waals surface area contributed by atoms with Crippen LogP contribution in [0.3, 0.4) is 0 Å². The molecule has 0 unspecified atom stereocenters. The Morgan fingerprint density at radius 1 is 1.25 bits per heavy atom. The van der Waals surface area contributed by atoms with E-state index >= 15 is 0 Å². The molecule has 1 atom stereocenters. The van der Waals surface area contributed by atoms with Gasteiger partial charge in [0.15, 0.2) is 5.82 Å². The first kappa shape index (κ1) is 12.1. The molecule has 1 aliphatic heterocycles. The molecule has 104 valence electrons. The van der Waals surface area contributed by atoms with E-state index in [0.29, 0.717) is 5.92 Å². The molecule has 0 amide bonds. The van der Waals surface area contributed by atoms with E-state index < -0.39 is 0 Å². The second kappa shape index (κ2) is 4.70. The van der Waals surface area contributed by atoms with Gasteiger partial charge in [-0.25, -0.2) is 0 Å². The molecule has 1 saturated carbocycles. The standard InChI is InChI=1S/C16H19N3O/c1-11(16-17-15(18-20-16)13-6-7-13)19-9-8-12-4-2-3-5-14(12)10-19/h2-5,11,13H,6-10H2,1H3/t11-/m1/s1. The van der Waals surface area contributed by atoms with Crippen LogP contribution in [0.5, 0.6) is 0 Å². The van der Waals surface area contributed by atoms with Crippen molar-refractivity contribution in [2.24, 2.45) is 0 Å². The number of benzene rings is 1. The molecule has 1 aromatic carbocycles. The van der Waals surface area contributed by atoms with Crippen molar-refractivity contribution in [2.75, 3.05) is 6.54 Å². The van der Waals surface area contributed by atoms with Crippen LogP contribution in [-0.2, 0) is 13.0 Å². The molecule has 2 aliphatic rings. The van der Waals surface area contributed by atoms with Crippen LogP contribution in [-0.4, -0.2) is 21.6 Å². The minimum atomic E-state index is 0.198. The van der Waals surface area contributed by atoms with Crippen LogP contribution in [0.1, 0.15) is 54.6 Å². The number of hydrogen-bond donors (Lipinski definition) is 0. The quantitative estimate of drug-likeness (QED) is 0.858. The summed E-state index contributed by atoms with van der Waals surface area (Å²) >= 11 is 0. The lowest BCUT2D eigenvalue weighted by molar-refractivity contribution is 0.158. The summed E-state index contributed by atoms with van der Waals surface area (Å²) < 4.78 is 5.47. The fourth-order valence-electron chi connectivity index (χ4n) is 2.93. The van der Waals surface area contributed by atoms with Gasteiger partial charge in [-0.05, 0) is 37.3 Å². The second-order valence-corrected chi connectivity index (χ2v) is 5.93. The van der Waals surface area contributed by atoms with E-state index in [2.05, 4.69) is 46.2 Å². The lowest BCUT2D eigenvalue weighted by atomic mass is 9.99. The van der Waals surface area contributed by atoms with E-state index in [4.69, 9.17) is 4.52 Å². The van der Waals surface area contributed by atoms with Crippen LogP contribution in [0.4, 0.5) is 0 Å². The normalized spacial score (nSPS) is 20.6. The van der Waals surface area contributed by atoms with Crippen LogP contribution in [0.2, 0.25) is 0 Å². The fourth-order valence-corrected chi connectivity index (χ4v) is 2.93. The van der Waals surface area contributed by atoms with Gasteiger partial charge in [0.1, 0.15) is 0 Å². The van der Waals surface area contributed by atoms with Crippen molar-refractivity contribution in [3.63, 3.8) is 0 Å². The number of fused-ring (bicyclic) bond motifs is 1. The lowest BCUT2D eigenvalue weighted by Gasteiger charge is -2.31. The zero-order chi connectivity index (χ0) is 13.5. The molecule has 0 bridgehead atoms. The number of hydrogen-bond acceptors (Lipinski definition) is 4. The number of rotatable bonds is 3. The summed E-state index contributed by atoms with van der Waals surface area (Å²) in [4.78, 5) is 7.01. The summed E-state index contributed by atoms with van der Waals surface area (Å²) in [6, 6.07) is 8.89. The molecule has 4 heteroatoms. The highest BCUT2D eigenvalue weighted by atomic mass is 16.5. The van der Waals surface area contributed by atoms with E-state index in [9.17, 15) is 0 Å². The van der Waals surface area contributed by atoms with Crippen LogP contribution in [0.15, 0.2) is 28.8 Å². The molecular formula is C16H19N3O. The van der Waals surface area contributed by atoms with Crippen molar-refractivity contribution in [1.82, 2.24) is 15.0 Å². The zero-order valence-electron chi connectivity index (χ0n) is 11.7. The van der Waals surface area contributed by atoms with E-state index in [1.54, 1.807) is 0 Å². The van der Waals surface area contributed by atoms with Gasteiger partial charge < -0.3 is 4.52 Å². The Morgan fingerprint density at radius 2 is 2.05 bits per heavy atom. The smallest absolute Gasteiger partial charge is 0.243 e. The van der Waals surface area contributed by atoms with Gasteiger partial charge in [-0.3, -0.25) is 4.90 Å². The maximum Gasteiger partial charge on any atom is 0.243 e. The summed E-state index contributed by atoms with van der Waals surface area (Å²) in [7, 11) is 0. The molecule has 2 aromatic rings. The number of aromatic nitrogens is 2. The third kappa shape index (κ3) is 2.14. The van der Waals surface area contributed by atoms with Gasteiger partial charge in [0.25, 0.3) is 0 Å². The van der Waals surface area contributed by atoms with Crippen LogP contribution < -0.4 is 0 Å². The largest absolute Gasteiger partial charge is 0.338 e. The predicted octanol–water partition coefficient (Wildman–Crippen LogP) is 3.07. The Bertz CT molecular complexity index is 618. The molecular weight excluding hydrogens is 250 g/mol. The van der Waals surface area contributed by atoms with Gasteiger partial charge in [-0.2, -0.15) is 4.98 Å². The molecule has 2 heterocycles. The monoisotopic (exact) mass is 269 g/mol. The highest BCUT2D eigenvalue weighted by Crippen LogP contribution is 2.38. The third-order valence-corrected chi connectivity index (χ3v) is 4.47. The first-order chi connectivity index (χ1) is 9.81. The highest BCUT2D eigenvalue weighted by molar-refractivity contribution is 5.29.